The van der Waals surface area contributed by atoms with Crippen molar-refractivity contribution in [1.29, 1.82) is 0 Å². The minimum atomic E-state index is -4.76. The summed E-state index contributed by atoms with van der Waals surface area (Å²) in [5.74, 6) is -0.943. The number of alkyl halides is 3. The first kappa shape index (κ1) is 22.5. The van der Waals surface area contributed by atoms with Crippen molar-refractivity contribution in [2.45, 2.75) is 26.8 Å². The van der Waals surface area contributed by atoms with Crippen molar-refractivity contribution < 1.29 is 27.4 Å². The van der Waals surface area contributed by atoms with Crippen molar-refractivity contribution >= 4 is 29.6 Å². The number of hydrogen-bond donors (Lipinski definition) is 0. The molecule has 2 aromatic carbocycles. The van der Waals surface area contributed by atoms with Crippen molar-refractivity contribution in [3.05, 3.63) is 58.1 Å². The molecular formula is C20H20ClF3N2O3. The van der Waals surface area contributed by atoms with Crippen LogP contribution in [0.15, 0.2) is 41.4 Å². The van der Waals surface area contributed by atoms with Crippen LogP contribution in [0.4, 0.5) is 18.9 Å². The Morgan fingerprint density at radius 1 is 1.24 bits per heavy atom. The molecule has 0 saturated heterocycles. The van der Waals surface area contributed by atoms with Crippen LogP contribution in [0.2, 0.25) is 5.02 Å². The molecule has 0 fully saturated rings. The van der Waals surface area contributed by atoms with Gasteiger partial charge in [0.1, 0.15) is 12.4 Å². The van der Waals surface area contributed by atoms with Gasteiger partial charge < -0.3 is 14.4 Å². The molecule has 0 N–H and O–H groups in total. The average Bonchev–Trinajstić information content (AvgIpc) is 2.66. The molecule has 2 aromatic rings. The number of rotatable bonds is 7. The highest BCUT2D eigenvalue weighted by Gasteiger charge is 2.30. The fraction of sp³-hybridized carbons (Fsp3) is 0.300. The summed E-state index contributed by atoms with van der Waals surface area (Å²) in [6, 6.07) is 8.24. The van der Waals surface area contributed by atoms with Crippen molar-refractivity contribution in [3.8, 4) is 5.75 Å². The van der Waals surface area contributed by atoms with Gasteiger partial charge in [0.25, 0.3) is 0 Å². The maximum atomic E-state index is 12.4. The molecule has 0 unspecified atom stereocenters. The van der Waals surface area contributed by atoms with E-state index in [1.165, 1.54) is 18.2 Å². The highest BCUT2D eigenvalue weighted by atomic mass is 35.5. The molecule has 0 radical (unpaired) electrons. The highest BCUT2D eigenvalue weighted by Crippen LogP contribution is 2.29. The zero-order valence-corrected chi connectivity index (χ0v) is 16.8. The van der Waals surface area contributed by atoms with Gasteiger partial charge in [-0.25, -0.2) is 9.79 Å². The van der Waals surface area contributed by atoms with E-state index < -0.39 is 12.3 Å². The van der Waals surface area contributed by atoms with Gasteiger partial charge in [-0.05, 0) is 49.2 Å². The zero-order chi connectivity index (χ0) is 21.6. The number of aryl methyl sites for hydroxylation is 1. The second-order valence-corrected chi connectivity index (χ2v) is 6.61. The number of hydrogen-bond acceptors (Lipinski definition) is 4. The fourth-order valence-corrected chi connectivity index (χ4v) is 2.45. The van der Waals surface area contributed by atoms with Gasteiger partial charge >= 0.3 is 12.3 Å². The lowest BCUT2D eigenvalue weighted by Gasteiger charge is -2.11. The summed E-state index contributed by atoms with van der Waals surface area (Å²) in [5, 5.41) is 0.303. The van der Waals surface area contributed by atoms with Crippen LogP contribution >= 0.6 is 11.6 Å². The van der Waals surface area contributed by atoms with E-state index in [0.717, 1.165) is 18.7 Å². The Hall–Kier alpha value is -2.74. The Morgan fingerprint density at radius 3 is 2.48 bits per heavy atom. The lowest BCUT2D eigenvalue weighted by Crippen LogP contribution is -2.17. The van der Waals surface area contributed by atoms with Gasteiger partial charge in [-0.15, -0.1) is 13.2 Å². The average molecular weight is 429 g/mol. The molecule has 156 valence electrons. The number of nitrogens with zero attached hydrogens (tertiary/aromatic N) is 2. The molecule has 29 heavy (non-hydrogen) atoms. The van der Waals surface area contributed by atoms with E-state index in [1.807, 2.05) is 18.9 Å². The smallest absolute Gasteiger partial charge is 0.457 e. The third-order valence-corrected chi connectivity index (χ3v) is 4.24. The molecule has 0 aromatic heterocycles. The topological polar surface area (TPSA) is 51.1 Å². The van der Waals surface area contributed by atoms with E-state index in [0.29, 0.717) is 21.8 Å². The van der Waals surface area contributed by atoms with Crippen LogP contribution in [0.1, 0.15) is 28.4 Å². The first-order chi connectivity index (χ1) is 13.6. The summed E-state index contributed by atoms with van der Waals surface area (Å²) in [5.41, 5.74) is 1.97. The minimum Gasteiger partial charge on any atom is -0.457 e. The molecule has 5 nitrogen and oxygen atoms in total. The van der Waals surface area contributed by atoms with Gasteiger partial charge in [-0.1, -0.05) is 23.7 Å². The quantitative estimate of drug-likeness (QED) is 0.331. The van der Waals surface area contributed by atoms with Crippen molar-refractivity contribution in [1.82, 2.24) is 4.90 Å². The number of carbonyl (C=O) groups excluding carboxylic acids is 1. The fourth-order valence-electron chi connectivity index (χ4n) is 2.24. The number of aliphatic imine (C=N–C) groups is 1. The maximum Gasteiger partial charge on any atom is 0.573 e. The Morgan fingerprint density at radius 2 is 1.90 bits per heavy atom. The van der Waals surface area contributed by atoms with Gasteiger partial charge in [0.05, 0.1) is 22.6 Å². The van der Waals surface area contributed by atoms with Crippen LogP contribution in [-0.4, -0.2) is 37.2 Å². The molecular weight excluding hydrogens is 409 g/mol. The van der Waals surface area contributed by atoms with E-state index in [-0.39, 0.29) is 17.9 Å². The Bertz CT molecular complexity index is 884. The minimum absolute atomic E-state index is 0.108. The monoisotopic (exact) mass is 428 g/mol. The molecule has 0 aliphatic rings. The van der Waals surface area contributed by atoms with Crippen LogP contribution in [-0.2, 0) is 11.3 Å². The first-order valence-electron chi connectivity index (χ1n) is 8.65. The molecule has 0 aliphatic carbocycles. The molecule has 0 bridgehead atoms. The van der Waals surface area contributed by atoms with Crippen LogP contribution in [0.25, 0.3) is 0 Å². The largest absolute Gasteiger partial charge is 0.573 e. The van der Waals surface area contributed by atoms with Crippen molar-refractivity contribution in [2.75, 3.05) is 13.6 Å². The number of esters is 1. The van der Waals surface area contributed by atoms with Crippen LogP contribution in [0, 0.1) is 6.92 Å². The van der Waals surface area contributed by atoms with E-state index in [1.54, 1.807) is 19.3 Å². The summed E-state index contributed by atoms with van der Waals surface area (Å²) in [6.45, 7) is 4.39. The molecule has 0 aliphatic heterocycles. The summed E-state index contributed by atoms with van der Waals surface area (Å²) in [4.78, 5) is 18.5. The highest BCUT2D eigenvalue weighted by molar-refractivity contribution is 6.33. The Labute approximate surface area is 171 Å². The summed E-state index contributed by atoms with van der Waals surface area (Å²) >= 11 is 6.21. The second-order valence-electron chi connectivity index (χ2n) is 6.20. The lowest BCUT2D eigenvalue weighted by atomic mass is 10.1. The molecule has 0 saturated carbocycles. The molecule has 9 heteroatoms. The lowest BCUT2D eigenvalue weighted by molar-refractivity contribution is -0.274. The Balaban J connectivity index is 2.03. The Kier molecular flexibility index (Phi) is 7.50. The number of carbonyl (C=O) groups is 1. The molecule has 0 spiro atoms. The van der Waals surface area contributed by atoms with E-state index in [4.69, 9.17) is 16.3 Å². The van der Waals surface area contributed by atoms with Crippen LogP contribution < -0.4 is 4.74 Å². The first-order valence-corrected chi connectivity index (χ1v) is 9.03. The second kappa shape index (κ2) is 9.65. The van der Waals surface area contributed by atoms with Gasteiger partial charge in [-0.3, -0.25) is 0 Å². The third kappa shape index (κ3) is 6.98. The molecule has 0 atom stereocenters. The summed E-state index contributed by atoms with van der Waals surface area (Å²) in [7, 11) is 1.87. The standard InChI is InChI=1S/C20H20ClF3N2O3/c1-4-26(3)12-25-18-9-13(2)16(10-17(18)21)19(27)28-11-14-5-7-15(8-6-14)29-20(22,23)24/h5-10,12H,4,11H2,1-3H3. The predicted octanol–water partition coefficient (Wildman–Crippen LogP) is 5.52. The van der Waals surface area contributed by atoms with Crippen LogP contribution in [0.3, 0.4) is 0 Å². The third-order valence-electron chi connectivity index (χ3n) is 3.93. The SMILES string of the molecule is CCN(C)C=Nc1cc(C)c(C(=O)OCc2ccc(OC(F)(F)F)cc2)cc1Cl. The van der Waals surface area contributed by atoms with E-state index >= 15 is 0 Å². The van der Waals surface area contributed by atoms with Crippen LogP contribution in [0.5, 0.6) is 5.75 Å². The maximum absolute atomic E-state index is 12.4. The number of benzene rings is 2. The van der Waals surface area contributed by atoms with Crippen molar-refractivity contribution in [2.24, 2.45) is 4.99 Å². The normalized spacial score (nSPS) is 11.6. The van der Waals surface area contributed by atoms with E-state index in [9.17, 15) is 18.0 Å². The predicted molar refractivity (Wildman–Crippen MR) is 105 cm³/mol. The summed E-state index contributed by atoms with van der Waals surface area (Å²) < 4.78 is 45.6. The van der Waals surface area contributed by atoms with Gasteiger partial charge in [0, 0.05) is 13.6 Å². The molecule has 2 rings (SSSR count). The molecule has 0 amide bonds. The molecule has 0 heterocycles. The number of halogens is 4. The van der Waals surface area contributed by atoms with Gasteiger partial charge in [-0.2, -0.15) is 0 Å². The van der Waals surface area contributed by atoms with Gasteiger partial charge in [0.2, 0.25) is 0 Å². The van der Waals surface area contributed by atoms with Crippen molar-refractivity contribution in [3.63, 3.8) is 0 Å². The van der Waals surface area contributed by atoms with Gasteiger partial charge in [0.15, 0.2) is 0 Å². The zero-order valence-electron chi connectivity index (χ0n) is 16.1. The van der Waals surface area contributed by atoms with E-state index in [2.05, 4.69) is 9.73 Å². The summed E-state index contributed by atoms with van der Waals surface area (Å²) in [6.07, 6.45) is -3.11. The number of ether oxygens (including phenoxy) is 2.